The number of aromatic amines is 1. The Morgan fingerprint density at radius 2 is 1.64 bits per heavy atom. The summed E-state index contributed by atoms with van der Waals surface area (Å²) in [7, 11) is 0. The zero-order valence-corrected chi connectivity index (χ0v) is 20.0. The molecule has 0 saturated heterocycles. The normalized spacial score (nSPS) is 11.7. The van der Waals surface area contributed by atoms with Crippen molar-refractivity contribution in [2.45, 2.75) is 53.8 Å². The van der Waals surface area contributed by atoms with Gasteiger partial charge in [-0.05, 0) is 57.9 Å². The minimum atomic E-state index is -0.668. The van der Waals surface area contributed by atoms with E-state index in [0.717, 1.165) is 28.1 Å². The maximum absolute atomic E-state index is 13.5. The Balaban J connectivity index is 1.87. The molecule has 0 fully saturated rings. The summed E-state index contributed by atoms with van der Waals surface area (Å²) < 4.78 is 11.1. The molecule has 0 bridgehead atoms. The summed E-state index contributed by atoms with van der Waals surface area (Å²) in [5.74, 6) is 0.154. The highest BCUT2D eigenvalue weighted by atomic mass is 16.5. The van der Waals surface area contributed by atoms with Crippen molar-refractivity contribution >= 4 is 11.9 Å². The average molecular weight is 449 g/mol. The van der Waals surface area contributed by atoms with Crippen LogP contribution in [0.5, 0.6) is 5.75 Å². The number of carbonyl (C=O) groups is 2. The van der Waals surface area contributed by atoms with Gasteiger partial charge in [0.25, 0.3) is 5.91 Å². The van der Waals surface area contributed by atoms with E-state index in [1.807, 2.05) is 75.4 Å². The Labute approximate surface area is 195 Å². The first-order chi connectivity index (χ1) is 15.8. The molecule has 3 aromatic rings. The Morgan fingerprint density at radius 3 is 2.27 bits per heavy atom. The van der Waals surface area contributed by atoms with Gasteiger partial charge in [0, 0.05) is 17.9 Å². The summed E-state index contributed by atoms with van der Waals surface area (Å²) in [6.07, 6.45) is -0.668. The molecule has 6 heteroatoms. The highest BCUT2D eigenvalue weighted by Gasteiger charge is 2.26. The monoisotopic (exact) mass is 448 g/mol. The molecule has 1 unspecified atom stereocenters. The topological polar surface area (TPSA) is 71.6 Å². The molecule has 33 heavy (non-hydrogen) atoms. The predicted molar refractivity (Wildman–Crippen MR) is 128 cm³/mol. The molecular formula is C27H32N2O4. The third kappa shape index (κ3) is 6.04. The van der Waals surface area contributed by atoms with E-state index in [2.05, 4.69) is 4.98 Å². The molecule has 6 nitrogen and oxygen atoms in total. The van der Waals surface area contributed by atoms with Gasteiger partial charge in [-0.3, -0.25) is 4.79 Å². The number of hydrogen-bond acceptors (Lipinski definition) is 4. The Hall–Kier alpha value is -3.54. The predicted octanol–water partition coefficient (Wildman–Crippen LogP) is 5.11. The van der Waals surface area contributed by atoms with Gasteiger partial charge in [0.1, 0.15) is 5.75 Å². The number of H-pyrrole nitrogens is 1. The summed E-state index contributed by atoms with van der Waals surface area (Å²) in [4.78, 5) is 30.9. The van der Waals surface area contributed by atoms with Crippen LogP contribution in [0.1, 0.15) is 52.3 Å². The Kier molecular flexibility index (Phi) is 7.93. The van der Waals surface area contributed by atoms with Crippen molar-refractivity contribution in [3.8, 4) is 5.75 Å². The number of nitrogens with zero attached hydrogens (tertiary/aromatic N) is 1. The number of esters is 1. The van der Waals surface area contributed by atoms with E-state index in [4.69, 9.17) is 9.47 Å². The first-order valence-electron chi connectivity index (χ1n) is 11.2. The minimum Gasteiger partial charge on any atom is -0.481 e. The van der Waals surface area contributed by atoms with Crippen molar-refractivity contribution in [2.75, 3.05) is 6.61 Å². The van der Waals surface area contributed by atoms with Gasteiger partial charge in [0.15, 0.2) is 6.10 Å². The third-order valence-corrected chi connectivity index (χ3v) is 5.58. The van der Waals surface area contributed by atoms with E-state index in [1.54, 1.807) is 18.7 Å². The summed E-state index contributed by atoms with van der Waals surface area (Å²) in [5, 5.41) is 0. The summed E-state index contributed by atoms with van der Waals surface area (Å²) >= 11 is 0. The van der Waals surface area contributed by atoms with Crippen LogP contribution in [0.2, 0.25) is 0 Å². The second-order valence-corrected chi connectivity index (χ2v) is 8.20. The maximum atomic E-state index is 13.5. The lowest BCUT2D eigenvalue weighted by atomic mass is 10.1. The maximum Gasteiger partial charge on any atom is 0.340 e. The molecule has 1 aromatic heterocycles. The Bertz CT molecular complexity index is 1090. The number of benzene rings is 2. The summed E-state index contributed by atoms with van der Waals surface area (Å²) in [6, 6.07) is 17.4. The molecule has 0 radical (unpaired) electrons. The molecule has 0 spiro atoms. The molecule has 1 N–H and O–H groups in total. The van der Waals surface area contributed by atoms with Crippen LogP contribution in [0.3, 0.4) is 0 Å². The van der Waals surface area contributed by atoms with Crippen molar-refractivity contribution < 1.29 is 19.1 Å². The molecule has 0 aliphatic carbocycles. The number of amides is 1. The largest absolute Gasteiger partial charge is 0.481 e. The molecule has 1 heterocycles. The lowest BCUT2D eigenvalue weighted by Gasteiger charge is -2.26. The fourth-order valence-corrected chi connectivity index (χ4v) is 3.81. The number of aryl methyl sites for hydroxylation is 2. The summed E-state index contributed by atoms with van der Waals surface area (Å²) in [6.45, 7) is 10.4. The molecule has 0 aliphatic rings. The van der Waals surface area contributed by atoms with Crippen LogP contribution >= 0.6 is 0 Å². The Morgan fingerprint density at radius 1 is 0.970 bits per heavy atom. The molecule has 2 aromatic carbocycles. The van der Waals surface area contributed by atoms with Crippen LogP contribution in [-0.2, 0) is 22.6 Å². The van der Waals surface area contributed by atoms with E-state index in [-0.39, 0.29) is 11.9 Å². The molecule has 3 rings (SSSR count). The molecular weight excluding hydrogens is 416 g/mol. The highest BCUT2D eigenvalue weighted by molar-refractivity contribution is 5.93. The van der Waals surface area contributed by atoms with E-state index < -0.39 is 6.10 Å². The minimum absolute atomic E-state index is 0.135. The van der Waals surface area contributed by atoms with E-state index in [1.165, 1.54) is 0 Å². The van der Waals surface area contributed by atoms with Crippen LogP contribution in [0.4, 0.5) is 0 Å². The third-order valence-electron chi connectivity index (χ3n) is 5.58. The van der Waals surface area contributed by atoms with Crippen LogP contribution in [0.15, 0.2) is 54.6 Å². The number of para-hydroxylation sites is 1. The van der Waals surface area contributed by atoms with Crippen molar-refractivity contribution in [1.29, 1.82) is 0 Å². The van der Waals surface area contributed by atoms with Gasteiger partial charge in [-0.1, -0.05) is 48.0 Å². The number of hydrogen-bond donors (Lipinski definition) is 1. The lowest BCUT2D eigenvalue weighted by molar-refractivity contribution is -0.139. The second-order valence-electron chi connectivity index (χ2n) is 8.20. The molecule has 1 amide bonds. The number of aromatic nitrogens is 1. The second kappa shape index (κ2) is 10.9. The van der Waals surface area contributed by atoms with Gasteiger partial charge in [-0.25, -0.2) is 4.79 Å². The van der Waals surface area contributed by atoms with Gasteiger partial charge in [0.2, 0.25) is 0 Å². The zero-order valence-electron chi connectivity index (χ0n) is 20.0. The highest BCUT2D eigenvalue weighted by Crippen LogP contribution is 2.22. The van der Waals surface area contributed by atoms with E-state index in [9.17, 15) is 9.59 Å². The fraction of sp³-hybridized carbons (Fsp3) is 0.333. The van der Waals surface area contributed by atoms with Crippen molar-refractivity contribution in [2.24, 2.45) is 0 Å². The zero-order chi connectivity index (χ0) is 24.0. The average Bonchev–Trinajstić information content (AvgIpc) is 3.07. The number of nitrogens with one attached hydrogen (secondary N) is 1. The molecule has 0 saturated carbocycles. The number of rotatable bonds is 9. The van der Waals surface area contributed by atoms with E-state index in [0.29, 0.717) is 31.0 Å². The fourth-order valence-electron chi connectivity index (χ4n) is 3.81. The van der Waals surface area contributed by atoms with Gasteiger partial charge < -0.3 is 19.4 Å². The lowest BCUT2D eigenvalue weighted by Crippen LogP contribution is -2.40. The first-order valence-corrected chi connectivity index (χ1v) is 11.2. The molecule has 0 aliphatic heterocycles. The van der Waals surface area contributed by atoms with Crippen LogP contribution in [0, 0.1) is 20.8 Å². The van der Waals surface area contributed by atoms with Crippen molar-refractivity contribution in [1.82, 2.24) is 9.88 Å². The van der Waals surface area contributed by atoms with Crippen molar-refractivity contribution in [3.63, 3.8) is 0 Å². The van der Waals surface area contributed by atoms with Crippen molar-refractivity contribution in [3.05, 3.63) is 88.2 Å². The van der Waals surface area contributed by atoms with Gasteiger partial charge in [0.05, 0.1) is 18.7 Å². The van der Waals surface area contributed by atoms with Crippen LogP contribution < -0.4 is 4.74 Å². The number of ether oxygens (including phenoxy) is 2. The van der Waals surface area contributed by atoms with Crippen LogP contribution in [0.25, 0.3) is 0 Å². The molecule has 1 atom stereocenters. The van der Waals surface area contributed by atoms with Crippen LogP contribution in [-0.4, -0.2) is 34.5 Å². The quantitative estimate of drug-likeness (QED) is 0.462. The number of carbonyl (C=O) groups excluding carboxylic acids is 2. The van der Waals surface area contributed by atoms with Gasteiger partial charge >= 0.3 is 5.97 Å². The van der Waals surface area contributed by atoms with Gasteiger partial charge in [-0.15, -0.1) is 0 Å². The summed E-state index contributed by atoms with van der Waals surface area (Å²) in [5.41, 5.74) is 5.05. The van der Waals surface area contributed by atoms with Gasteiger partial charge in [-0.2, -0.15) is 0 Å². The van der Waals surface area contributed by atoms with E-state index >= 15 is 0 Å². The SMILES string of the molecule is CCOC(=O)c1c(C)[nH]c(CN(Cc2ccc(C)cc2)C(=O)C(C)Oc2ccccc2)c1C. The standard InChI is InChI=1S/C27H32N2O4/c1-6-32-27(31)25-19(3)24(28-20(25)4)17-29(16-22-14-12-18(2)13-15-22)26(30)21(5)33-23-10-8-7-9-11-23/h7-15,21,28H,6,16-17H2,1-5H3. The molecule has 174 valence electrons. The first kappa shape index (κ1) is 24.1. The smallest absolute Gasteiger partial charge is 0.340 e.